The number of nitrogens with two attached hydrogens (primary N) is 1. The number of amides is 3. The molecule has 1 aromatic carbocycles. The largest absolute Gasteiger partial charge is 0.361 e. The van der Waals surface area contributed by atoms with Crippen molar-refractivity contribution in [2.24, 2.45) is 11.1 Å². The fraction of sp³-hybridized carbons (Fsp3) is 0.421. The van der Waals surface area contributed by atoms with E-state index < -0.39 is 11.8 Å². The minimum absolute atomic E-state index is 0.0181. The number of rotatable bonds is 3. The van der Waals surface area contributed by atoms with Crippen LogP contribution in [0.25, 0.3) is 10.9 Å². The van der Waals surface area contributed by atoms with Crippen molar-refractivity contribution in [2.45, 2.75) is 32.2 Å². The summed E-state index contributed by atoms with van der Waals surface area (Å²) >= 11 is 0. The number of aromatic nitrogens is 1. The maximum atomic E-state index is 12.6. The Morgan fingerprint density at radius 3 is 2.69 bits per heavy atom. The quantitative estimate of drug-likeness (QED) is 0.714. The van der Waals surface area contributed by atoms with Gasteiger partial charge in [-0.3, -0.25) is 14.4 Å². The summed E-state index contributed by atoms with van der Waals surface area (Å²) in [5.41, 5.74) is 7.65. The predicted molar refractivity (Wildman–Crippen MR) is 96.4 cm³/mol. The van der Waals surface area contributed by atoms with Gasteiger partial charge in [0.15, 0.2) is 0 Å². The first-order valence-electron chi connectivity index (χ1n) is 8.93. The van der Waals surface area contributed by atoms with E-state index in [9.17, 15) is 14.4 Å². The molecular formula is C19H22N4O3. The summed E-state index contributed by atoms with van der Waals surface area (Å²) in [5, 5.41) is 4.09. The number of nitrogens with zero attached hydrogens (tertiary/aromatic N) is 1. The molecule has 4 N–H and O–H groups in total. The molecule has 1 atom stereocenters. The summed E-state index contributed by atoms with van der Waals surface area (Å²) in [6.45, 7) is 3.05. The van der Waals surface area contributed by atoms with E-state index in [2.05, 4.69) is 29.4 Å². The third kappa shape index (κ3) is 2.55. The molecule has 2 fully saturated rings. The van der Waals surface area contributed by atoms with Crippen LogP contribution >= 0.6 is 0 Å². The molecule has 1 spiro atoms. The van der Waals surface area contributed by atoms with Crippen molar-refractivity contribution in [3.8, 4) is 0 Å². The third-order valence-electron chi connectivity index (χ3n) is 5.82. The van der Waals surface area contributed by atoms with Crippen LogP contribution in [0.4, 0.5) is 0 Å². The van der Waals surface area contributed by atoms with E-state index in [1.54, 1.807) is 0 Å². The number of fused-ring (bicyclic) bond motifs is 1. The summed E-state index contributed by atoms with van der Waals surface area (Å²) in [7, 11) is 0. The SMILES string of the molecule is CCc1ccc2cc(C(=O)NC3CCC34CN(C(=O)C(N)=O)C4)[nH]c2c1. The molecule has 136 valence electrons. The number of hydrogen-bond acceptors (Lipinski definition) is 3. The summed E-state index contributed by atoms with van der Waals surface area (Å²) in [6, 6.07) is 8.03. The Bertz CT molecular complexity index is 911. The van der Waals surface area contributed by atoms with Crippen LogP contribution in [0.1, 0.15) is 35.8 Å². The smallest absolute Gasteiger partial charge is 0.311 e. The Balaban J connectivity index is 1.43. The van der Waals surface area contributed by atoms with Gasteiger partial charge in [-0.2, -0.15) is 0 Å². The Labute approximate surface area is 150 Å². The van der Waals surface area contributed by atoms with E-state index in [-0.39, 0.29) is 17.4 Å². The van der Waals surface area contributed by atoms with Gasteiger partial charge >= 0.3 is 11.8 Å². The van der Waals surface area contributed by atoms with Gasteiger partial charge in [-0.15, -0.1) is 0 Å². The lowest BCUT2D eigenvalue weighted by Gasteiger charge is -2.60. The summed E-state index contributed by atoms with van der Waals surface area (Å²) < 4.78 is 0. The van der Waals surface area contributed by atoms with Crippen molar-refractivity contribution in [2.75, 3.05) is 13.1 Å². The zero-order valence-electron chi connectivity index (χ0n) is 14.7. The number of carbonyl (C=O) groups excluding carboxylic acids is 3. The molecule has 1 saturated carbocycles. The normalized spacial score (nSPS) is 20.5. The molecule has 4 rings (SSSR count). The Morgan fingerprint density at radius 1 is 1.31 bits per heavy atom. The molecule has 1 aromatic heterocycles. The van der Waals surface area contributed by atoms with Gasteiger partial charge in [0, 0.05) is 35.4 Å². The highest BCUT2D eigenvalue weighted by atomic mass is 16.2. The predicted octanol–water partition coefficient (Wildman–Crippen LogP) is 0.936. The number of likely N-dealkylation sites (tertiary alicyclic amines) is 1. The highest BCUT2D eigenvalue weighted by molar-refractivity contribution is 6.34. The molecule has 26 heavy (non-hydrogen) atoms. The first-order chi connectivity index (χ1) is 12.4. The van der Waals surface area contributed by atoms with Crippen LogP contribution in [0.5, 0.6) is 0 Å². The summed E-state index contributed by atoms with van der Waals surface area (Å²) in [4.78, 5) is 39.9. The number of nitrogens with one attached hydrogen (secondary N) is 2. The van der Waals surface area contributed by atoms with Crippen molar-refractivity contribution >= 4 is 28.6 Å². The molecule has 1 aliphatic heterocycles. The number of aryl methyl sites for hydroxylation is 1. The lowest BCUT2D eigenvalue weighted by Crippen LogP contribution is -2.72. The molecule has 7 nitrogen and oxygen atoms in total. The Kier molecular flexibility index (Phi) is 3.75. The lowest BCUT2D eigenvalue weighted by molar-refractivity contribution is -0.160. The standard InChI is InChI=1S/C19H22N4O3/c1-2-11-3-4-12-8-14(21-13(12)7-11)17(25)22-15-5-6-19(15)9-23(10-19)18(26)16(20)24/h3-4,7-8,15,21H,2,5-6,9-10H2,1H3,(H2,20,24)(H,22,25). The van der Waals surface area contributed by atoms with Crippen LogP contribution in [0.3, 0.4) is 0 Å². The van der Waals surface area contributed by atoms with Crippen LogP contribution in [0.15, 0.2) is 24.3 Å². The number of hydrogen-bond donors (Lipinski definition) is 3. The minimum Gasteiger partial charge on any atom is -0.361 e. The van der Waals surface area contributed by atoms with E-state index in [1.807, 2.05) is 12.1 Å². The molecule has 1 aliphatic carbocycles. The summed E-state index contributed by atoms with van der Waals surface area (Å²) in [5.74, 6) is -1.71. The number of aromatic amines is 1. The van der Waals surface area contributed by atoms with Crippen molar-refractivity contribution in [3.63, 3.8) is 0 Å². The molecule has 2 aromatic rings. The van der Waals surface area contributed by atoms with Crippen molar-refractivity contribution in [1.29, 1.82) is 0 Å². The highest BCUT2D eigenvalue weighted by Crippen LogP contribution is 2.48. The average molecular weight is 354 g/mol. The van der Waals surface area contributed by atoms with Crippen LogP contribution in [-0.2, 0) is 16.0 Å². The van der Waals surface area contributed by atoms with E-state index in [0.717, 1.165) is 30.2 Å². The van der Waals surface area contributed by atoms with Crippen LogP contribution < -0.4 is 11.1 Å². The maximum absolute atomic E-state index is 12.6. The summed E-state index contributed by atoms with van der Waals surface area (Å²) in [6.07, 6.45) is 2.76. The van der Waals surface area contributed by atoms with Gasteiger partial charge < -0.3 is 20.9 Å². The first-order valence-corrected chi connectivity index (χ1v) is 8.93. The number of H-pyrrole nitrogens is 1. The molecule has 2 heterocycles. The Morgan fingerprint density at radius 2 is 2.08 bits per heavy atom. The lowest BCUT2D eigenvalue weighted by atomic mass is 9.59. The topological polar surface area (TPSA) is 108 Å². The van der Waals surface area contributed by atoms with E-state index in [4.69, 9.17) is 5.73 Å². The number of carbonyl (C=O) groups is 3. The molecule has 1 saturated heterocycles. The zero-order chi connectivity index (χ0) is 18.5. The molecule has 2 aliphatic rings. The van der Waals surface area contributed by atoms with Crippen molar-refractivity contribution in [3.05, 3.63) is 35.5 Å². The second kappa shape index (κ2) is 5.86. The van der Waals surface area contributed by atoms with E-state index in [1.165, 1.54) is 10.5 Å². The molecule has 0 bridgehead atoms. The van der Waals surface area contributed by atoms with Crippen LogP contribution in [0, 0.1) is 5.41 Å². The second-order valence-corrected chi connectivity index (χ2v) is 7.41. The van der Waals surface area contributed by atoms with Gasteiger partial charge in [0.05, 0.1) is 0 Å². The van der Waals surface area contributed by atoms with Gasteiger partial charge in [-0.25, -0.2) is 0 Å². The minimum atomic E-state index is -0.927. The van der Waals surface area contributed by atoms with Gasteiger partial charge in [-0.1, -0.05) is 19.1 Å². The highest BCUT2D eigenvalue weighted by Gasteiger charge is 2.56. The number of primary amides is 1. The van der Waals surface area contributed by atoms with Gasteiger partial charge in [0.1, 0.15) is 5.69 Å². The van der Waals surface area contributed by atoms with Crippen LogP contribution in [0.2, 0.25) is 0 Å². The van der Waals surface area contributed by atoms with Gasteiger partial charge in [-0.05, 0) is 37.0 Å². The van der Waals surface area contributed by atoms with Gasteiger partial charge in [0.25, 0.3) is 5.91 Å². The van der Waals surface area contributed by atoms with Crippen molar-refractivity contribution in [1.82, 2.24) is 15.2 Å². The fourth-order valence-corrected chi connectivity index (χ4v) is 4.07. The van der Waals surface area contributed by atoms with E-state index in [0.29, 0.717) is 18.8 Å². The monoisotopic (exact) mass is 354 g/mol. The molecule has 7 heteroatoms. The van der Waals surface area contributed by atoms with Gasteiger partial charge in [0.2, 0.25) is 0 Å². The molecule has 3 amide bonds. The third-order valence-corrected chi connectivity index (χ3v) is 5.82. The van der Waals surface area contributed by atoms with Crippen LogP contribution in [-0.4, -0.2) is 46.7 Å². The average Bonchev–Trinajstić information content (AvgIpc) is 3.00. The number of benzene rings is 1. The maximum Gasteiger partial charge on any atom is 0.311 e. The second-order valence-electron chi connectivity index (χ2n) is 7.41. The fourth-order valence-electron chi connectivity index (χ4n) is 4.07. The van der Waals surface area contributed by atoms with Crippen molar-refractivity contribution < 1.29 is 14.4 Å². The molecular weight excluding hydrogens is 332 g/mol. The Hall–Kier alpha value is -2.83. The van der Waals surface area contributed by atoms with E-state index >= 15 is 0 Å². The molecule has 0 radical (unpaired) electrons. The zero-order valence-corrected chi connectivity index (χ0v) is 14.7. The first kappa shape index (κ1) is 16.6. The molecule has 1 unspecified atom stereocenters.